The molecule has 0 aromatic heterocycles. The Bertz CT molecular complexity index is 163. The first-order chi connectivity index (χ1) is 6.83. The lowest BCUT2D eigenvalue weighted by molar-refractivity contribution is 0.00963. The lowest BCUT2D eigenvalue weighted by atomic mass is 10.0. The zero-order chi connectivity index (χ0) is 10.2. The molecule has 0 aliphatic carbocycles. The van der Waals surface area contributed by atoms with Crippen LogP contribution in [0.2, 0.25) is 0 Å². The fraction of sp³-hybridized carbons (Fsp3) is 0.846. The van der Waals surface area contributed by atoms with Gasteiger partial charge in [-0.05, 0) is 19.8 Å². The quantitative estimate of drug-likeness (QED) is 0.459. The number of hydrogen-bond donors (Lipinski definition) is 0. The number of ether oxygens (including phenoxy) is 1. The van der Waals surface area contributed by atoms with Gasteiger partial charge in [0.25, 0.3) is 0 Å². The van der Waals surface area contributed by atoms with E-state index in [4.69, 9.17) is 4.74 Å². The summed E-state index contributed by atoms with van der Waals surface area (Å²) in [6, 6.07) is 0. The summed E-state index contributed by atoms with van der Waals surface area (Å²) in [5.74, 6) is 0. The number of hydrogen-bond acceptors (Lipinski definition) is 1. The molecule has 1 heteroatoms. The van der Waals surface area contributed by atoms with E-state index in [9.17, 15) is 0 Å². The largest absolute Gasteiger partial charge is 0.371 e. The molecule has 0 bridgehead atoms. The minimum absolute atomic E-state index is 0.337. The first kappa shape index (κ1) is 11.8. The Labute approximate surface area is 88.5 Å². The van der Waals surface area contributed by atoms with Crippen LogP contribution in [0.1, 0.15) is 58.8 Å². The van der Waals surface area contributed by atoms with Crippen molar-refractivity contribution in [2.24, 2.45) is 0 Å². The van der Waals surface area contributed by atoms with E-state index >= 15 is 0 Å². The Morgan fingerprint density at radius 2 is 2.00 bits per heavy atom. The molecule has 82 valence electrons. The van der Waals surface area contributed by atoms with E-state index in [1.165, 1.54) is 38.5 Å². The van der Waals surface area contributed by atoms with Crippen LogP contribution < -0.4 is 0 Å². The molecule has 1 aliphatic heterocycles. The predicted octanol–water partition coefficient (Wildman–Crippen LogP) is 4.08. The second-order valence-corrected chi connectivity index (χ2v) is 4.33. The SMILES string of the molecule is CCCCCCC[C@H]1CC=C[C@H](C)O1. The monoisotopic (exact) mass is 196 g/mol. The molecule has 1 nitrogen and oxygen atoms in total. The van der Waals surface area contributed by atoms with E-state index < -0.39 is 0 Å². The highest BCUT2D eigenvalue weighted by Gasteiger charge is 2.13. The van der Waals surface area contributed by atoms with Crippen molar-refractivity contribution in [1.82, 2.24) is 0 Å². The smallest absolute Gasteiger partial charge is 0.0731 e. The Balaban J connectivity index is 1.99. The molecule has 0 radical (unpaired) electrons. The van der Waals surface area contributed by atoms with E-state index in [0.29, 0.717) is 12.2 Å². The summed E-state index contributed by atoms with van der Waals surface area (Å²) in [5, 5.41) is 0. The van der Waals surface area contributed by atoms with Crippen LogP contribution in [0.5, 0.6) is 0 Å². The van der Waals surface area contributed by atoms with Gasteiger partial charge in [0.05, 0.1) is 12.2 Å². The van der Waals surface area contributed by atoms with Crippen molar-refractivity contribution in [3.63, 3.8) is 0 Å². The van der Waals surface area contributed by atoms with Gasteiger partial charge in [0, 0.05) is 0 Å². The van der Waals surface area contributed by atoms with E-state index in [1.807, 2.05) is 0 Å². The molecule has 1 aliphatic rings. The normalized spacial score (nSPS) is 26.7. The third kappa shape index (κ3) is 4.80. The van der Waals surface area contributed by atoms with E-state index in [2.05, 4.69) is 26.0 Å². The topological polar surface area (TPSA) is 9.23 Å². The van der Waals surface area contributed by atoms with Gasteiger partial charge in [-0.2, -0.15) is 0 Å². The third-order valence-electron chi connectivity index (χ3n) is 2.84. The van der Waals surface area contributed by atoms with Crippen LogP contribution in [-0.2, 0) is 4.74 Å². The Kier molecular flexibility index (Phi) is 5.93. The molecule has 0 unspecified atom stereocenters. The highest BCUT2D eigenvalue weighted by atomic mass is 16.5. The van der Waals surface area contributed by atoms with Crippen molar-refractivity contribution in [1.29, 1.82) is 0 Å². The molecule has 0 aromatic carbocycles. The Morgan fingerprint density at radius 3 is 2.71 bits per heavy atom. The van der Waals surface area contributed by atoms with Crippen LogP contribution >= 0.6 is 0 Å². The average Bonchev–Trinajstić information content (AvgIpc) is 2.18. The minimum atomic E-state index is 0.337. The van der Waals surface area contributed by atoms with E-state index in [1.54, 1.807) is 0 Å². The first-order valence-corrected chi connectivity index (χ1v) is 6.15. The van der Waals surface area contributed by atoms with Crippen LogP contribution in [0.25, 0.3) is 0 Å². The zero-order valence-electron chi connectivity index (χ0n) is 9.67. The summed E-state index contributed by atoms with van der Waals surface area (Å²) in [6.07, 6.45) is 14.5. The molecule has 2 atom stereocenters. The van der Waals surface area contributed by atoms with Crippen LogP contribution in [0.15, 0.2) is 12.2 Å². The van der Waals surface area contributed by atoms with Gasteiger partial charge in [-0.1, -0.05) is 51.2 Å². The second kappa shape index (κ2) is 7.05. The molecular formula is C13H24O. The van der Waals surface area contributed by atoms with Gasteiger partial charge in [-0.15, -0.1) is 0 Å². The molecule has 14 heavy (non-hydrogen) atoms. The summed E-state index contributed by atoms with van der Waals surface area (Å²) in [5.41, 5.74) is 0. The van der Waals surface area contributed by atoms with Gasteiger partial charge in [0.1, 0.15) is 0 Å². The van der Waals surface area contributed by atoms with Crippen LogP contribution in [0.3, 0.4) is 0 Å². The summed E-state index contributed by atoms with van der Waals surface area (Å²) in [7, 11) is 0. The lowest BCUT2D eigenvalue weighted by Crippen LogP contribution is -2.21. The van der Waals surface area contributed by atoms with Crippen LogP contribution in [0, 0.1) is 0 Å². The van der Waals surface area contributed by atoms with Crippen LogP contribution in [-0.4, -0.2) is 12.2 Å². The molecule has 0 saturated carbocycles. The van der Waals surface area contributed by atoms with Gasteiger partial charge < -0.3 is 4.74 Å². The fourth-order valence-electron chi connectivity index (χ4n) is 1.99. The molecule has 0 amide bonds. The maximum absolute atomic E-state index is 5.81. The number of rotatable bonds is 6. The predicted molar refractivity (Wildman–Crippen MR) is 61.5 cm³/mol. The second-order valence-electron chi connectivity index (χ2n) is 4.33. The lowest BCUT2D eigenvalue weighted by Gasteiger charge is -2.23. The average molecular weight is 196 g/mol. The summed E-state index contributed by atoms with van der Waals surface area (Å²) < 4.78 is 5.81. The Morgan fingerprint density at radius 1 is 1.21 bits per heavy atom. The summed E-state index contributed by atoms with van der Waals surface area (Å²) in [6.45, 7) is 4.39. The molecular weight excluding hydrogens is 172 g/mol. The zero-order valence-corrected chi connectivity index (χ0v) is 9.67. The molecule has 1 rings (SSSR count). The van der Waals surface area contributed by atoms with Crippen molar-refractivity contribution in [3.05, 3.63) is 12.2 Å². The fourth-order valence-corrected chi connectivity index (χ4v) is 1.99. The van der Waals surface area contributed by atoms with Crippen molar-refractivity contribution in [2.75, 3.05) is 0 Å². The molecule has 0 N–H and O–H groups in total. The molecule has 0 saturated heterocycles. The summed E-state index contributed by atoms with van der Waals surface area (Å²) in [4.78, 5) is 0. The maximum atomic E-state index is 5.81. The molecule has 0 fully saturated rings. The standard InChI is InChI=1S/C13H24O/c1-3-4-5-6-7-10-13-11-8-9-12(2)14-13/h8-9,12-13H,3-7,10-11H2,1-2H3/t12-,13-/m0/s1. The van der Waals surface area contributed by atoms with Crippen molar-refractivity contribution in [2.45, 2.75) is 71.0 Å². The third-order valence-corrected chi connectivity index (χ3v) is 2.84. The maximum Gasteiger partial charge on any atom is 0.0731 e. The first-order valence-electron chi connectivity index (χ1n) is 6.15. The van der Waals surface area contributed by atoms with E-state index in [0.717, 1.165) is 6.42 Å². The van der Waals surface area contributed by atoms with Crippen molar-refractivity contribution >= 4 is 0 Å². The van der Waals surface area contributed by atoms with E-state index in [-0.39, 0.29) is 0 Å². The molecule has 0 spiro atoms. The van der Waals surface area contributed by atoms with Gasteiger partial charge in [0.2, 0.25) is 0 Å². The van der Waals surface area contributed by atoms with Gasteiger partial charge >= 0.3 is 0 Å². The van der Waals surface area contributed by atoms with Gasteiger partial charge in [0.15, 0.2) is 0 Å². The minimum Gasteiger partial charge on any atom is -0.371 e. The van der Waals surface area contributed by atoms with Gasteiger partial charge in [-0.3, -0.25) is 0 Å². The highest BCUT2D eigenvalue weighted by molar-refractivity contribution is 4.94. The molecule has 1 heterocycles. The van der Waals surface area contributed by atoms with Crippen molar-refractivity contribution in [3.8, 4) is 0 Å². The Hall–Kier alpha value is -0.300. The van der Waals surface area contributed by atoms with Crippen molar-refractivity contribution < 1.29 is 4.74 Å². The van der Waals surface area contributed by atoms with Crippen LogP contribution in [0.4, 0.5) is 0 Å². The highest BCUT2D eigenvalue weighted by Crippen LogP contribution is 2.18. The molecule has 0 aromatic rings. The van der Waals surface area contributed by atoms with Gasteiger partial charge in [-0.25, -0.2) is 0 Å². The summed E-state index contributed by atoms with van der Waals surface area (Å²) >= 11 is 0. The number of unbranched alkanes of at least 4 members (excludes halogenated alkanes) is 4.